The Morgan fingerprint density at radius 3 is 2.46 bits per heavy atom. The number of aliphatic imine (C=N–C) groups is 1. The van der Waals surface area contributed by atoms with Crippen LogP contribution < -0.4 is 0 Å². The lowest BCUT2D eigenvalue weighted by molar-refractivity contribution is 0.311. The molecule has 0 unspecified atom stereocenters. The summed E-state index contributed by atoms with van der Waals surface area (Å²) in [5.74, 6) is 0.841. The molecule has 2 fully saturated rings. The smallest absolute Gasteiger partial charge is 0.211 e. The third kappa shape index (κ3) is 2.19. The van der Waals surface area contributed by atoms with Crippen LogP contribution in [0.5, 0.6) is 0 Å². The Morgan fingerprint density at radius 1 is 1.23 bits per heavy atom. The van der Waals surface area contributed by atoms with Crippen LogP contribution in [0.2, 0.25) is 0 Å². The van der Waals surface area contributed by atoms with Crippen LogP contribution in [0.1, 0.15) is 51.4 Å². The van der Waals surface area contributed by atoms with E-state index >= 15 is 0 Å². The second kappa shape index (κ2) is 3.63. The molecule has 2 rings (SSSR count). The topological polar surface area (TPSA) is 29.4 Å². The molecule has 0 spiro atoms. The average Bonchev–Trinajstić information content (AvgIpc) is 2.87. The van der Waals surface area contributed by atoms with E-state index < -0.39 is 0 Å². The SMILES string of the molecule is O=C=NC1(CC2CCCCC2)CC1. The van der Waals surface area contributed by atoms with Crippen LogP contribution in [0.25, 0.3) is 0 Å². The van der Waals surface area contributed by atoms with E-state index in [1.807, 2.05) is 0 Å². The van der Waals surface area contributed by atoms with Crippen LogP contribution in [0.4, 0.5) is 0 Å². The molecule has 72 valence electrons. The number of hydrogen-bond donors (Lipinski definition) is 0. The number of hydrogen-bond acceptors (Lipinski definition) is 2. The zero-order valence-electron chi connectivity index (χ0n) is 8.09. The Balaban J connectivity index is 1.85. The van der Waals surface area contributed by atoms with Crippen molar-refractivity contribution in [2.24, 2.45) is 10.9 Å². The predicted octanol–water partition coefficient (Wildman–Crippen LogP) is 2.83. The standard InChI is InChI=1S/C11H17NO/c13-9-12-11(6-7-11)8-10-4-2-1-3-5-10/h10H,1-8H2. The molecule has 13 heavy (non-hydrogen) atoms. The molecular weight excluding hydrogens is 162 g/mol. The molecule has 0 saturated heterocycles. The first-order chi connectivity index (χ1) is 6.35. The zero-order chi connectivity index (χ0) is 9.15. The minimum Gasteiger partial charge on any atom is -0.211 e. The molecule has 0 amide bonds. The van der Waals surface area contributed by atoms with E-state index in [2.05, 4.69) is 4.99 Å². The van der Waals surface area contributed by atoms with Gasteiger partial charge in [0.2, 0.25) is 6.08 Å². The van der Waals surface area contributed by atoms with Gasteiger partial charge in [0.25, 0.3) is 0 Å². The first kappa shape index (κ1) is 8.96. The van der Waals surface area contributed by atoms with E-state index in [1.54, 1.807) is 6.08 Å². The van der Waals surface area contributed by atoms with Crippen molar-refractivity contribution < 1.29 is 4.79 Å². The fraction of sp³-hybridized carbons (Fsp3) is 0.909. The second-order valence-corrected chi connectivity index (χ2v) is 4.64. The monoisotopic (exact) mass is 179 g/mol. The fourth-order valence-electron chi connectivity index (χ4n) is 2.53. The molecule has 0 aliphatic heterocycles. The van der Waals surface area contributed by atoms with Crippen molar-refractivity contribution in [3.8, 4) is 0 Å². The lowest BCUT2D eigenvalue weighted by atomic mass is 9.84. The molecule has 2 nitrogen and oxygen atoms in total. The molecular formula is C11H17NO. The number of isocyanates is 1. The Kier molecular flexibility index (Phi) is 2.50. The van der Waals surface area contributed by atoms with E-state index in [9.17, 15) is 4.79 Å². The van der Waals surface area contributed by atoms with E-state index in [-0.39, 0.29) is 5.54 Å². The van der Waals surface area contributed by atoms with E-state index in [1.165, 1.54) is 32.1 Å². The molecule has 0 heterocycles. The normalized spacial score (nSPS) is 26.5. The van der Waals surface area contributed by atoms with Crippen LogP contribution in [0.3, 0.4) is 0 Å². The highest BCUT2D eigenvalue weighted by atomic mass is 16.1. The first-order valence-corrected chi connectivity index (χ1v) is 5.44. The number of carbonyl (C=O) groups excluding carboxylic acids is 1. The van der Waals surface area contributed by atoms with Crippen LogP contribution >= 0.6 is 0 Å². The molecule has 2 saturated carbocycles. The molecule has 0 aromatic rings. The molecule has 2 heteroatoms. The molecule has 0 aromatic carbocycles. The summed E-state index contributed by atoms with van der Waals surface area (Å²) in [6.45, 7) is 0. The minimum absolute atomic E-state index is 0.0593. The highest BCUT2D eigenvalue weighted by Crippen LogP contribution is 2.47. The van der Waals surface area contributed by atoms with Gasteiger partial charge in [0.15, 0.2) is 0 Å². The molecule has 0 atom stereocenters. The Bertz CT molecular complexity index is 220. The molecule has 0 radical (unpaired) electrons. The average molecular weight is 179 g/mol. The fourth-order valence-corrected chi connectivity index (χ4v) is 2.53. The maximum Gasteiger partial charge on any atom is 0.235 e. The summed E-state index contributed by atoms with van der Waals surface area (Å²) in [5.41, 5.74) is 0.0593. The van der Waals surface area contributed by atoms with Crippen LogP contribution in [-0.4, -0.2) is 11.6 Å². The van der Waals surface area contributed by atoms with Gasteiger partial charge in [-0.2, -0.15) is 4.99 Å². The largest absolute Gasteiger partial charge is 0.235 e. The van der Waals surface area contributed by atoms with E-state index in [4.69, 9.17) is 0 Å². The summed E-state index contributed by atoms with van der Waals surface area (Å²) in [6, 6.07) is 0. The first-order valence-electron chi connectivity index (χ1n) is 5.44. The third-order valence-electron chi connectivity index (χ3n) is 3.50. The maximum absolute atomic E-state index is 10.2. The van der Waals surface area contributed by atoms with Crippen molar-refractivity contribution in [1.29, 1.82) is 0 Å². The van der Waals surface area contributed by atoms with Gasteiger partial charge in [-0.1, -0.05) is 32.1 Å². The highest BCUT2D eigenvalue weighted by Gasteiger charge is 2.44. The van der Waals surface area contributed by atoms with Crippen molar-refractivity contribution in [2.45, 2.75) is 56.9 Å². The van der Waals surface area contributed by atoms with E-state index in [0.29, 0.717) is 0 Å². The zero-order valence-corrected chi connectivity index (χ0v) is 8.09. The van der Waals surface area contributed by atoms with Gasteiger partial charge in [-0.15, -0.1) is 0 Å². The summed E-state index contributed by atoms with van der Waals surface area (Å²) in [4.78, 5) is 14.2. The van der Waals surface area contributed by atoms with Crippen LogP contribution in [-0.2, 0) is 4.79 Å². The Morgan fingerprint density at radius 2 is 1.92 bits per heavy atom. The number of rotatable bonds is 3. The van der Waals surface area contributed by atoms with Crippen LogP contribution in [0.15, 0.2) is 4.99 Å². The van der Waals surface area contributed by atoms with Crippen molar-refractivity contribution in [2.75, 3.05) is 0 Å². The number of nitrogens with zero attached hydrogens (tertiary/aromatic N) is 1. The van der Waals surface area contributed by atoms with Crippen molar-refractivity contribution in [3.63, 3.8) is 0 Å². The van der Waals surface area contributed by atoms with Gasteiger partial charge in [0, 0.05) is 0 Å². The second-order valence-electron chi connectivity index (χ2n) is 4.64. The summed E-state index contributed by atoms with van der Waals surface area (Å²) >= 11 is 0. The van der Waals surface area contributed by atoms with Gasteiger partial charge in [-0.25, -0.2) is 4.79 Å². The van der Waals surface area contributed by atoms with Crippen molar-refractivity contribution in [3.05, 3.63) is 0 Å². The van der Waals surface area contributed by atoms with Gasteiger partial charge >= 0.3 is 0 Å². The predicted molar refractivity (Wildman–Crippen MR) is 51.3 cm³/mol. The quantitative estimate of drug-likeness (QED) is 0.484. The van der Waals surface area contributed by atoms with Gasteiger partial charge in [-0.05, 0) is 25.2 Å². The summed E-state index contributed by atoms with van der Waals surface area (Å²) in [7, 11) is 0. The molecule has 2 aliphatic rings. The van der Waals surface area contributed by atoms with Crippen molar-refractivity contribution >= 4 is 6.08 Å². The minimum atomic E-state index is 0.0593. The molecule has 0 bridgehead atoms. The third-order valence-corrected chi connectivity index (χ3v) is 3.50. The summed E-state index contributed by atoms with van der Waals surface area (Å²) < 4.78 is 0. The lowest BCUT2D eigenvalue weighted by Crippen LogP contribution is -2.15. The molecule has 0 aromatic heterocycles. The lowest BCUT2D eigenvalue weighted by Gasteiger charge is -2.23. The van der Waals surface area contributed by atoms with Gasteiger partial charge in [0.05, 0.1) is 5.54 Å². The molecule has 0 N–H and O–H groups in total. The summed E-state index contributed by atoms with van der Waals surface area (Å²) in [5, 5.41) is 0. The van der Waals surface area contributed by atoms with Crippen molar-refractivity contribution in [1.82, 2.24) is 0 Å². The Hall–Kier alpha value is -0.620. The van der Waals surface area contributed by atoms with Gasteiger partial charge < -0.3 is 0 Å². The maximum atomic E-state index is 10.2. The Labute approximate surface area is 79.4 Å². The van der Waals surface area contributed by atoms with E-state index in [0.717, 1.165) is 25.2 Å². The highest BCUT2D eigenvalue weighted by molar-refractivity contribution is 5.36. The van der Waals surface area contributed by atoms with Crippen LogP contribution in [0, 0.1) is 5.92 Å². The van der Waals surface area contributed by atoms with Gasteiger partial charge in [-0.3, -0.25) is 0 Å². The summed E-state index contributed by atoms with van der Waals surface area (Å²) in [6.07, 6.45) is 12.0. The molecule has 2 aliphatic carbocycles. The van der Waals surface area contributed by atoms with Gasteiger partial charge in [0.1, 0.15) is 0 Å².